The van der Waals surface area contributed by atoms with Crippen molar-refractivity contribution in [2.75, 3.05) is 19.6 Å². The zero-order chi connectivity index (χ0) is 16.9. The number of halogens is 1. The molecule has 1 heterocycles. The smallest absolute Gasteiger partial charge is 0.220 e. The van der Waals surface area contributed by atoms with Gasteiger partial charge in [0.25, 0.3) is 0 Å². The topological polar surface area (TPSA) is 41.1 Å². The van der Waals surface area contributed by atoms with Crippen LogP contribution >= 0.6 is 12.4 Å². The van der Waals surface area contributed by atoms with Gasteiger partial charge in [-0.1, -0.05) is 50.6 Å². The van der Waals surface area contributed by atoms with Gasteiger partial charge in [0.15, 0.2) is 0 Å². The maximum Gasteiger partial charge on any atom is 0.220 e. The Morgan fingerprint density at radius 3 is 2.79 bits per heavy atom. The molecule has 1 aromatic carbocycles. The van der Waals surface area contributed by atoms with Crippen LogP contribution < -0.4 is 10.6 Å². The lowest BCUT2D eigenvalue weighted by Gasteiger charge is -2.29. The normalized spacial score (nSPS) is 19.2. The molecule has 0 aliphatic carbocycles. The molecule has 0 spiro atoms. The second kappa shape index (κ2) is 9.43. The Morgan fingerprint density at radius 1 is 1.42 bits per heavy atom. The van der Waals surface area contributed by atoms with Crippen molar-refractivity contribution in [1.29, 1.82) is 0 Å². The standard InChI is InChI=1S/C20H32N2O.ClH/c1-15-7-5-9-18(11-15)20(3,4)14-22-19(23)12-16(2)17-8-6-10-21-13-17;/h5,7,9,11,16-17,21H,6,8,10,12-14H2,1-4H3,(H,22,23);1H. The van der Waals surface area contributed by atoms with E-state index in [2.05, 4.69) is 62.6 Å². The lowest BCUT2D eigenvalue weighted by Crippen LogP contribution is -2.39. The lowest BCUT2D eigenvalue weighted by molar-refractivity contribution is -0.122. The SMILES string of the molecule is Cc1cccc(C(C)(C)CNC(=O)CC(C)C2CCCNC2)c1.Cl. The fourth-order valence-corrected chi connectivity index (χ4v) is 3.38. The van der Waals surface area contributed by atoms with E-state index in [0.717, 1.165) is 13.1 Å². The second-order valence-corrected chi connectivity index (χ2v) is 7.82. The highest BCUT2D eigenvalue weighted by atomic mass is 35.5. The van der Waals surface area contributed by atoms with Gasteiger partial charge in [0, 0.05) is 18.4 Å². The highest BCUT2D eigenvalue weighted by Gasteiger charge is 2.24. The summed E-state index contributed by atoms with van der Waals surface area (Å²) >= 11 is 0. The van der Waals surface area contributed by atoms with E-state index in [1.807, 2.05) is 0 Å². The molecule has 0 aromatic heterocycles. The number of carbonyl (C=O) groups excluding carboxylic acids is 1. The van der Waals surface area contributed by atoms with Crippen molar-refractivity contribution in [3.8, 4) is 0 Å². The largest absolute Gasteiger partial charge is 0.355 e. The van der Waals surface area contributed by atoms with Crippen molar-refractivity contribution in [3.63, 3.8) is 0 Å². The first-order valence-corrected chi connectivity index (χ1v) is 8.93. The zero-order valence-electron chi connectivity index (χ0n) is 15.5. The molecule has 2 N–H and O–H groups in total. The van der Waals surface area contributed by atoms with Gasteiger partial charge in [-0.2, -0.15) is 0 Å². The first-order valence-electron chi connectivity index (χ1n) is 8.93. The van der Waals surface area contributed by atoms with Crippen LogP contribution in [0.15, 0.2) is 24.3 Å². The summed E-state index contributed by atoms with van der Waals surface area (Å²) in [7, 11) is 0. The number of benzene rings is 1. The molecule has 0 saturated carbocycles. The number of carbonyl (C=O) groups is 1. The van der Waals surface area contributed by atoms with Gasteiger partial charge in [-0.3, -0.25) is 4.79 Å². The lowest BCUT2D eigenvalue weighted by atomic mass is 9.83. The number of aryl methyl sites for hydroxylation is 1. The van der Waals surface area contributed by atoms with E-state index in [0.29, 0.717) is 24.8 Å². The minimum Gasteiger partial charge on any atom is -0.355 e. The van der Waals surface area contributed by atoms with Gasteiger partial charge in [-0.15, -0.1) is 12.4 Å². The van der Waals surface area contributed by atoms with Crippen molar-refractivity contribution in [2.45, 2.75) is 52.4 Å². The molecule has 2 atom stereocenters. The average molecular weight is 353 g/mol. The minimum atomic E-state index is -0.0443. The van der Waals surface area contributed by atoms with Crippen LogP contribution in [0.4, 0.5) is 0 Å². The Balaban J connectivity index is 0.00000288. The predicted octanol–water partition coefficient (Wildman–Crippen LogP) is 3.84. The van der Waals surface area contributed by atoms with Crippen LogP contribution in [-0.4, -0.2) is 25.5 Å². The maximum absolute atomic E-state index is 12.3. The first-order chi connectivity index (χ1) is 10.9. The monoisotopic (exact) mass is 352 g/mol. The van der Waals surface area contributed by atoms with Crippen molar-refractivity contribution >= 4 is 18.3 Å². The summed E-state index contributed by atoms with van der Waals surface area (Å²) < 4.78 is 0. The fourth-order valence-electron chi connectivity index (χ4n) is 3.38. The number of nitrogens with one attached hydrogen (secondary N) is 2. The molecule has 1 aliphatic heterocycles. The van der Waals surface area contributed by atoms with Crippen LogP contribution in [0.25, 0.3) is 0 Å². The van der Waals surface area contributed by atoms with Crippen LogP contribution in [0.1, 0.15) is 51.2 Å². The van der Waals surface area contributed by atoms with Gasteiger partial charge < -0.3 is 10.6 Å². The summed E-state index contributed by atoms with van der Waals surface area (Å²) in [6.07, 6.45) is 3.11. The number of hydrogen-bond acceptors (Lipinski definition) is 2. The van der Waals surface area contributed by atoms with E-state index in [1.165, 1.54) is 24.0 Å². The van der Waals surface area contributed by atoms with Crippen LogP contribution in [0.2, 0.25) is 0 Å². The van der Waals surface area contributed by atoms with Crippen LogP contribution in [0.5, 0.6) is 0 Å². The van der Waals surface area contributed by atoms with Crippen LogP contribution in [-0.2, 0) is 10.2 Å². The molecule has 0 bridgehead atoms. The molecule has 3 nitrogen and oxygen atoms in total. The number of hydrogen-bond donors (Lipinski definition) is 2. The Labute approximate surface area is 153 Å². The van der Waals surface area contributed by atoms with Crippen molar-refractivity contribution in [3.05, 3.63) is 35.4 Å². The maximum atomic E-state index is 12.3. The van der Waals surface area contributed by atoms with E-state index in [-0.39, 0.29) is 23.7 Å². The second-order valence-electron chi connectivity index (χ2n) is 7.82. The molecule has 1 amide bonds. The third-order valence-electron chi connectivity index (χ3n) is 5.17. The van der Waals surface area contributed by atoms with E-state index < -0.39 is 0 Å². The number of piperidine rings is 1. The Kier molecular flexibility index (Phi) is 8.24. The Bertz CT molecular complexity index is 524. The van der Waals surface area contributed by atoms with Crippen molar-refractivity contribution in [2.24, 2.45) is 11.8 Å². The average Bonchev–Trinajstić information content (AvgIpc) is 2.54. The van der Waals surface area contributed by atoms with Gasteiger partial charge in [-0.05, 0) is 50.3 Å². The first kappa shape index (κ1) is 21.0. The van der Waals surface area contributed by atoms with Crippen molar-refractivity contribution in [1.82, 2.24) is 10.6 Å². The molecule has 136 valence electrons. The Morgan fingerprint density at radius 2 is 2.17 bits per heavy atom. The Hall–Kier alpha value is -1.06. The molecular formula is C20H33ClN2O. The minimum absolute atomic E-state index is 0. The molecule has 4 heteroatoms. The van der Waals surface area contributed by atoms with E-state index in [9.17, 15) is 4.79 Å². The number of amides is 1. The van der Waals surface area contributed by atoms with Crippen LogP contribution in [0.3, 0.4) is 0 Å². The van der Waals surface area contributed by atoms with Gasteiger partial charge in [-0.25, -0.2) is 0 Å². The van der Waals surface area contributed by atoms with Crippen LogP contribution in [0, 0.1) is 18.8 Å². The van der Waals surface area contributed by atoms with Crippen molar-refractivity contribution < 1.29 is 4.79 Å². The molecule has 1 aliphatic rings. The fraction of sp³-hybridized carbons (Fsp3) is 0.650. The summed E-state index contributed by atoms with van der Waals surface area (Å²) in [6, 6.07) is 8.56. The van der Waals surface area contributed by atoms with Gasteiger partial charge >= 0.3 is 0 Å². The third kappa shape index (κ3) is 6.10. The van der Waals surface area contributed by atoms with E-state index >= 15 is 0 Å². The third-order valence-corrected chi connectivity index (χ3v) is 5.17. The summed E-state index contributed by atoms with van der Waals surface area (Å²) in [4.78, 5) is 12.3. The number of rotatable bonds is 6. The molecule has 0 radical (unpaired) electrons. The molecular weight excluding hydrogens is 320 g/mol. The summed E-state index contributed by atoms with van der Waals surface area (Å²) in [6.45, 7) is 11.6. The highest BCUT2D eigenvalue weighted by molar-refractivity contribution is 5.85. The predicted molar refractivity (Wildman–Crippen MR) is 104 cm³/mol. The molecule has 1 saturated heterocycles. The van der Waals surface area contributed by atoms with Gasteiger partial charge in [0.05, 0.1) is 0 Å². The summed E-state index contributed by atoms with van der Waals surface area (Å²) in [5, 5.41) is 6.59. The highest BCUT2D eigenvalue weighted by Crippen LogP contribution is 2.24. The summed E-state index contributed by atoms with van der Waals surface area (Å²) in [5.41, 5.74) is 2.50. The molecule has 2 unspecified atom stereocenters. The summed E-state index contributed by atoms with van der Waals surface area (Å²) in [5.74, 6) is 1.27. The van der Waals surface area contributed by atoms with E-state index in [1.54, 1.807) is 0 Å². The molecule has 2 rings (SSSR count). The zero-order valence-corrected chi connectivity index (χ0v) is 16.3. The molecule has 1 aromatic rings. The van der Waals surface area contributed by atoms with E-state index in [4.69, 9.17) is 0 Å². The van der Waals surface area contributed by atoms with Gasteiger partial charge in [0.2, 0.25) is 5.91 Å². The molecule has 1 fully saturated rings. The molecule has 24 heavy (non-hydrogen) atoms. The quantitative estimate of drug-likeness (QED) is 0.816. The van der Waals surface area contributed by atoms with Gasteiger partial charge in [0.1, 0.15) is 0 Å².